The first-order valence-electron chi connectivity index (χ1n) is 4.34. The second-order valence-corrected chi connectivity index (χ2v) is 3.13. The van der Waals surface area contributed by atoms with E-state index >= 15 is 0 Å². The van der Waals surface area contributed by atoms with Gasteiger partial charge in [-0.1, -0.05) is 5.16 Å². The monoisotopic (exact) mass is 211 g/mol. The molecule has 0 aliphatic rings. The van der Waals surface area contributed by atoms with Gasteiger partial charge in [-0.3, -0.25) is 9.89 Å². The highest BCUT2D eigenvalue weighted by Gasteiger charge is 2.15. The first-order chi connectivity index (χ1) is 7.06. The molecule has 0 aliphatic heterocycles. The largest absolute Gasteiger partial charge is 0.409 e. The third-order valence-electron chi connectivity index (χ3n) is 1.98. The summed E-state index contributed by atoms with van der Waals surface area (Å²) in [4.78, 5) is 11.6. The van der Waals surface area contributed by atoms with E-state index in [0.29, 0.717) is 11.3 Å². The van der Waals surface area contributed by atoms with Crippen molar-refractivity contribution in [3.8, 4) is 0 Å². The van der Waals surface area contributed by atoms with Crippen LogP contribution in [0.25, 0.3) is 0 Å². The normalized spacial score (nSPS) is 13.6. The van der Waals surface area contributed by atoms with E-state index < -0.39 is 6.04 Å². The van der Waals surface area contributed by atoms with Crippen LogP contribution in [0.3, 0.4) is 0 Å². The molecule has 0 aliphatic carbocycles. The van der Waals surface area contributed by atoms with Gasteiger partial charge in [0.05, 0.1) is 17.8 Å². The van der Waals surface area contributed by atoms with E-state index in [4.69, 9.17) is 10.9 Å². The zero-order valence-corrected chi connectivity index (χ0v) is 8.48. The number of nitrogens with one attached hydrogen (secondary N) is 2. The van der Waals surface area contributed by atoms with Crippen molar-refractivity contribution in [1.82, 2.24) is 15.5 Å². The van der Waals surface area contributed by atoms with Crippen LogP contribution in [0.15, 0.2) is 11.4 Å². The second kappa shape index (κ2) is 4.45. The number of aryl methyl sites for hydroxylation is 1. The molecule has 1 heterocycles. The van der Waals surface area contributed by atoms with Crippen LogP contribution in [0.2, 0.25) is 0 Å². The van der Waals surface area contributed by atoms with Crippen molar-refractivity contribution in [3.63, 3.8) is 0 Å². The lowest BCUT2D eigenvalue weighted by Gasteiger charge is -2.11. The molecule has 15 heavy (non-hydrogen) atoms. The van der Waals surface area contributed by atoms with E-state index in [1.54, 1.807) is 13.8 Å². The van der Waals surface area contributed by atoms with Crippen molar-refractivity contribution in [2.75, 3.05) is 0 Å². The number of nitrogens with two attached hydrogens (primary N) is 1. The van der Waals surface area contributed by atoms with Gasteiger partial charge in [-0.25, -0.2) is 0 Å². The number of carbonyl (C=O) groups excluding carboxylic acids is 1. The topological polar surface area (TPSA) is 116 Å². The van der Waals surface area contributed by atoms with E-state index in [0.717, 1.165) is 0 Å². The summed E-state index contributed by atoms with van der Waals surface area (Å²) in [6.45, 7) is 3.35. The van der Waals surface area contributed by atoms with Crippen LogP contribution in [0.4, 0.5) is 0 Å². The number of H-pyrrole nitrogens is 1. The van der Waals surface area contributed by atoms with Gasteiger partial charge >= 0.3 is 0 Å². The number of aromatic nitrogens is 2. The molecule has 0 spiro atoms. The van der Waals surface area contributed by atoms with Crippen LogP contribution in [0, 0.1) is 6.92 Å². The predicted molar refractivity (Wildman–Crippen MR) is 53.7 cm³/mol. The Morgan fingerprint density at radius 1 is 1.80 bits per heavy atom. The van der Waals surface area contributed by atoms with Crippen LogP contribution < -0.4 is 11.1 Å². The number of aromatic amines is 1. The summed E-state index contributed by atoms with van der Waals surface area (Å²) in [5.41, 5.74) is 6.42. The molecule has 5 N–H and O–H groups in total. The number of nitrogens with zero attached hydrogens (tertiary/aromatic N) is 2. The summed E-state index contributed by atoms with van der Waals surface area (Å²) in [6.07, 6.45) is 1.42. The minimum Gasteiger partial charge on any atom is -0.409 e. The third kappa shape index (κ3) is 2.46. The lowest BCUT2D eigenvalue weighted by atomic mass is 10.2. The van der Waals surface area contributed by atoms with Crippen LogP contribution in [0.5, 0.6) is 0 Å². The molecule has 1 aromatic rings. The van der Waals surface area contributed by atoms with Crippen molar-refractivity contribution in [3.05, 3.63) is 17.5 Å². The van der Waals surface area contributed by atoms with Gasteiger partial charge in [0.15, 0.2) is 5.84 Å². The van der Waals surface area contributed by atoms with E-state index in [1.165, 1.54) is 6.20 Å². The molecule has 7 heteroatoms. The van der Waals surface area contributed by atoms with Gasteiger partial charge in [0, 0.05) is 5.69 Å². The summed E-state index contributed by atoms with van der Waals surface area (Å²) in [7, 11) is 0. The molecule has 0 fully saturated rings. The highest BCUT2D eigenvalue weighted by atomic mass is 16.4. The Kier molecular flexibility index (Phi) is 3.27. The Morgan fingerprint density at radius 2 is 2.47 bits per heavy atom. The lowest BCUT2D eigenvalue weighted by molar-refractivity contribution is 0.0948. The second-order valence-electron chi connectivity index (χ2n) is 3.13. The summed E-state index contributed by atoms with van der Waals surface area (Å²) in [5.74, 6) is -0.371. The molecule has 1 aromatic heterocycles. The summed E-state index contributed by atoms with van der Waals surface area (Å²) < 4.78 is 0. The van der Waals surface area contributed by atoms with E-state index in [-0.39, 0.29) is 11.7 Å². The Hall–Kier alpha value is -2.05. The number of oxime groups is 1. The molecule has 0 aromatic carbocycles. The standard InChI is InChI=1S/C8H13N5O2/c1-4-6(3-10-12-4)8(14)11-5(2)7(9)13-15/h3,5,15H,1-2H3,(H2,9,13)(H,10,12)(H,11,14). The van der Waals surface area contributed by atoms with Gasteiger partial charge in [0.25, 0.3) is 5.91 Å². The molecule has 0 saturated carbocycles. The molecule has 82 valence electrons. The number of amidine groups is 1. The molecule has 0 radical (unpaired) electrons. The molecule has 1 unspecified atom stereocenters. The lowest BCUT2D eigenvalue weighted by Crippen LogP contribution is -2.42. The maximum Gasteiger partial charge on any atom is 0.255 e. The fraction of sp³-hybridized carbons (Fsp3) is 0.375. The van der Waals surface area contributed by atoms with Crippen LogP contribution in [-0.4, -0.2) is 33.2 Å². The number of hydrogen-bond acceptors (Lipinski definition) is 4. The average Bonchev–Trinajstić information content (AvgIpc) is 2.63. The third-order valence-corrected chi connectivity index (χ3v) is 1.98. The number of carbonyl (C=O) groups is 1. The summed E-state index contributed by atoms with van der Waals surface area (Å²) in [6, 6.07) is -0.531. The van der Waals surface area contributed by atoms with Crippen LogP contribution in [-0.2, 0) is 0 Å². The predicted octanol–water partition coefficient (Wildman–Crippen LogP) is -0.417. The van der Waals surface area contributed by atoms with Crippen molar-refractivity contribution in [2.24, 2.45) is 10.9 Å². The Bertz CT molecular complexity index is 384. The first-order valence-corrected chi connectivity index (χ1v) is 4.34. The number of amides is 1. The van der Waals surface area contributed by atoms with Crippen molar-refractivity contribution in [2.45, 2.75) is 19.9 Å². The zero-order valence-electron chi connectivity index (χ0n) is 8.48. The highest BCUT2D eigenvalue weighted by Crippen LogP contribution is 2.02. The molecular weight excluding hydrogens is 198 g/mol. The highest BCUT2D eigenvalue weighted by molar-refractivity contribution is 5.98. The van der Waals surface area contributed by atoms with Gasteiger partial charge in [0.2, 0.25) is 0 Å². The molecule has 7 nitrogen and oxygen atoms in total. The van der Waals surface area contributed by atoms with E-state index in [9.17, 15) is 4.79 Å². The van der Waals surface area contributed by atoms with Gasteiger partial charge in [-0.15, -0.1) is 0 Å². The minimum atomic E-state index is -0.531. The average molecular weight is 211 g/mol. The van der Waals surface area contributed by atoms with E-state index in [1.807, 2.05) is 0 Å². The van der Waals surface area contributed by atoms with Gasteiger partial charge in [0.1, 0.15) is 0 Å². The van der Waals surface area contributed by atoms with Crippen molar-refractivity contribution < 1.29 is 10.0 Å². The Balaban J connectivity index is 2.69. The maximum absolute atomic E-state index is 11.6. The Labute approximate surface area is 86.3 Å². The minimum absolute atomic E-state index is 0.0514. The van der Waals surface area contributed by atoms with Crippen LogP contribution in [0.1, 0.15) is 23.0 Å². The smallest absolute Gasteiger partial charge is 0.255 e. The fourth-order valence-corrected chi connectivity index (χ4v) is 1.01. The molecule has 1 atom stereocenters. The van der Waals surface area contributed by atoms with Crippen molar-refractivity contribution in [1.29, 1.82) is 0 Å². The quantitative estimate of drug-likeness (QED) is 0.235. The van der Waals surface area contributed by atoms with Gasteiger partial charge in [-0.05, 0) is 13.8 Å². The molecule has 1 amide bonds. The van der Waals surface area contributed by atoms with Crippen LogP contribution >= 0.6 is 0 Å². The SMILES string of the molecule is Cc1[nH]ncc1C(=O)NC(C)C(N)=NO. The zero-order chi connectivity index (χ0) is 11.4. The maximum atomic E-state index is 11.6. The number of hydrogen-bond donors (Lipinski definition) is 4. The van der Waals surface area contributed by atoms with Crippen molar-refractivity contribution >= 4 is 11.7 Å². The fourth-order valence-electron chi connectivity index (χ4n) is 1.01. The molecule has 1 rings (SSSR count). The summed E-state index contributed by atoms with van der Waals surface area (Å²) in [5, 5.41) is 20.1. The molecular formula is C8H13N5O2. The number of rotatable bonds is 3. The first kappa shape index (κ1) is 11.0. The molecule has 0 saturated heterocycles. The van der Waals surface area contributed by atoms with Gasteiger partial charge < -0.3 is 16.3 Å². The summed E-state index contributed by atoms with van der Waals surface area (Å²) >= 11 is 0. The molecule has 0 bridgehead atoms. The van der Waals surface area contributed by atoms with Gasteiger partial charge in [-0.2, -0.15) is 5.10 Å². The Morgan fingerprint density at radius 3 is 2.93 bits per heavy atom. The van der Waals surface area contributed by atoms with E-state index in [2.05, 4.69) is 20.7 Å².